The topological polar surface area (TPSA) is 95.9 Å². The van der Waals surface area contributed by atoms with Crippen LogP contribution in [0, 0.1) is 0 Å². The first-order valence-corrected chi connectivity index (χ1v) is 23.3. The zero-order valence-corrected chi connectivity index (χ0v) is 36.9. The molecule has 0 heterocycles. The Morgan fingerprint density at radius 1 is 0.526 bits per heavy atom. The van der Waals surface area contributed by atoms with Crippen molar-refractivity contribution in [3.05, 3.63) is 85.1 Å². The van der Waals surface area contributed by atoms with Crippen molar-refractivity contribution in [3.8, 4) is 0 Å². The minimum atomic E-state index is -0.805. The van der Waals surface area contributed by atoms with Gasteiger partial charge >= 0.3 is 5.97 Å². The van der Waals surface area contributed by atoms with Crippen molar-refractivity contribution in [1.82, 2.24) is 5.32 Å². The van der Waals surface area contributed by atoms with Gasteiger partial charge in [0.2, 0.25) is 5.91 Å². The van der Waals surface area contributed by atoms with Gasteiger partial charge in [-0.25, -0.2) is 0 Å². The number of amides is 1. The molecule has 0 fully saturated rings. The fraction of sp³-hybridized carbons (Fsp3) is 0.686. The highest BCUT2D eigenvalue weighted by atomic mass is 16.5. The Morgan fingerprint density at radius 3 is 1.44 bits per heavy atom. The van der Waals surface area contributed by atoms with Crippen LogP contribution >= 0.6 is 0 Å². The van der Waals surface area contributed by atoms with Crippen molar-refractivity contribution >= 4 is 11.9 Å². The van der Waals surface area contributed by atoms with Crippen LogP contribution in [0.25, 0.3) is 0 Å². The second-order valence-electron chi connectivity index (χ2n) is 15.4. The van der Waals surface area contributed by atoms with E-state index in [-0.39, 0.29) is 24.9 Å². The molecule has 0 rings (SSSR count). The first-order valence-electron chi connectivity index (χ1n) is 23.3. The maximum absolute atomic E-state index is 13.1. The molecule has 0 bridgehead atoms. The van der Waals surface area contributed by atoms with Crippen LogP contribution in [0.15, 0.2) is 85.1 Å². The van der Waals surface area contributed by atoms with Gasteiger partial charge in [0.15, 0.2) is 0 Å². The van der Waals surface area contributed by atoms with E-state index in [1.807, 2.05) is 0 Å². The molecule has 6 nitrogen and oxygen atoms in total. The van der Waals surface area contributed by atoms with Crippen LogP contribution in [0.4, 0.5) is 0 Å². The molecule has 3 N–H and O–H groups in total. The van der Waals surface area contributed by atoms with E-state index in [9.17, 15) is 19.8 Å². The van der Waals surface area contributed by atoms with Gasteiger partial charge < -0.3 is 20.3 Å². The predicted octanol–water partition coefficient (Wildman–Crippen LogP) is 13.6. The smallest absolute Gasteiger partial charge is 0.306 e. The summed E-state index contributed by atoms with van der Waals surface area (Å²) in [5.74, 6) is -0.559. The second-order valence-corrected chi connectivity index (χ2v) is 15.4. The van der Waals surface area contributed by atoms with Crippen LogP contribution in [0.5, 0.6) is 0 Å². The first kappa shape index (κ1) is 54.0. The molecule has 0 radical (unpaired) electrons. The largest absolute Gasteiger partial charge is 0.462 e. The number of aliphatic hydroxyl groups excluding tert-OH is 2. The average molecular weight is 794 g/mol. The van der Waals surface area contributed by atoms with Crippen molar-refractivity contribution in [2.24, 2.45) is 0 Å². The lowest BCUT2D eigenvalue weighted by atomic mass is 10.0. The molecule has 0 aromatic carbocycles. The third-order valence-electron chi connectivity index (χ3n) is 9.97. The highest BCUT2D eigenvalue weighted by Gasteiger charge is 2.24. The molecular formula is C51H87NO5. The predicted molar refractivity (Wildman–Crippen MR) is 245 cm³/mol. The number of hydrogen-bond acceptors (Lipinski definition) is 5. The standard InChI is InChI=1S/C51H87NO5/c1-4-7-10-13-16-19-22-24-25-26-27-29-32-35-38-41-44-51(56)57-47(42-39-36-33-30-28-23-20-17-14-11-8-5-2)45-50(55)52-48(46-53)49(54)43-40-37-34-31-21-18-15-12-9-6-3/h7-8,10-11,16-17,19-20,24-25,27-30,47-49,53-54H,4-6,9,12-15,18,21-23,26,31-46H2,1-3H3,(H,52,55)/b10-7+,11-8+,19-16+,20-17+,25-24+,29-27+,30-28+. The minimum Gasteiger partial charge on any atom is -0.462 e. The van der Waals surface area contributed by atoms with Crippen molar-refractivity contribution in [2.45, 2.75) is 219 Å². The van der Waals surface area contributed by atoms with Crippen LogP contribution in [0.1, 0.15) is 201 Å². The average Bonchev–Trinajstić information content (AvgIpc) is 3.20. The third-order valence-corrected chi connectivity index (χ3v) is 9.97. The van der Waals surface area contributed by atoms with Gasteiger partial charge in [0, 0.05) is 6.42 Å². The van der Waals surface area contributed by atoms with Gasteiger partial charge in [-0.2, -0.15) is 0 Å². The van der Waals surface area contributed by atoms with Gasteiger partial charge in [-0.1, -0.05) is 176 Å². The van der Waals surface area contributed by atoms with Gasteiger partial charge in [0.25, 0.3) is 0 Å². The highest BCUT2D eigenvalue weighted by molar-refractivity contribution is 5.77. The van der Waals surface area contributed by atoms with Gasteiger partial charge in [-0.15, -0.1) is 0 Å². The van der Waals surface area contributed by atoms with Crippen LogP contribution in [0.3, 0.4) is 0 Å². The van der Waals surface area contributed by atoms with Crippen LogP contribution in [0.2, 0.25) is 0 Å². The van der Waals surface area contributed by atoms with Crippen molar-refractivity contribution in [2.75, 3.05) is 6.61 Å². The van der Waals surface area contributed by atoms with Crippen molar-refractivity contribution < 1.29 is 24.5 Å². The van der Waals surface area contributed by atoms with E-state index in [2.05, 4.69) is 111 Å². The molecule has 57 heavy (non-hydrogen) atoms. The maximum atomic E-state index is 13.1. The van der Waals surface area contributed by atoms with Gasteiger partial charge in [-0.05, 0) is 96.3 Å². The number of carbonyl (C=O) groups excluding carboxylic acids is 2. The zero-order valence-electron chi connectivity index (χ0n) is 36.9. The second kappa shape index (κ2) is 44.1. The number of ether oxygens (including phenoxy) is 1. The Bertz CT molecular complexity index is 1120. The van der Waals surface area contributed by atoms with Gasteiger partial charge in [0.05, 0.1) is 25.2 Å². The molecule has 0 aromatic heterocycles. The molecule has 326 valence electrons. The van der Waals surface area contributed by atoms with E-state index in [1.54, 1.807) is 0 Å². The Hall–Kier alpha value is -2.96. The number of aliphatic hydroxyl groups is 2. The number of unbranched alkanes of at least 4 members (excludes halogenated alkanes) is 14. The Balaban J connectivity index is 4.71. The Morgan fingerprint density at radius 2 is 0.947 bits per heavy atom. The number of nitrogens with one attached hydrogen (secondary N) is 1. The van der Waals surface area contributed by atoms with Crippen molar-refractivity contribution in [3.63, 3.8) is 0 Å². The van der Waals surface area contributed by atoms with Crippen LogP contribution in [-0.4, -0.2) is 46.9 Å². The summed E-state index contributed by atoms with van der Waals surface area (Å²) in [4.78, 5) is 26.0. The fourth-order valence-corrected chi connectivity index (χ4v) is 6.49. The lowest BCUT2D eigenvalue weighted by molar-refractivity contribution is -0.151. The molecule has 0 saturated carbocycles. The molecule has 0 saturated heterocycles. The van der Waals surface area contributed by atoms with E-state index in [0.29, 0.717) is 19.3 Å². The van der Waals surface area contributed by atoms with Gasteiger partial charge in [-0.3, -0.25) is 9.59 Å². The monoisotopic (exact) mass is 794 g/mol. The molecule has 3 atom stereocenters. The molecule has 6 heteroatoms. The van der Waals surface area contributed by atoms with E-state index in [4.69, 9.17) is 4.74 Å². The molecule has 0 aliphatic carbocycles. The molecule has 3 unspecified atom stereocenters. The summed E-state index contributed by atoms with van der Waals surface area (Å²) < 4.78 is 5.87. The number of rotatable bonds is 40. The van der Waals surface area contributed by atoms with E-state index in [1.165, 1.54) is 44.9 Å². The summed E-state index contributed by atoms with van der Waals surface area (Å²) in [7, 11) is 0. The van der Waals surface area contributed by atoms with E-state index in [0.717, 1.165) is 109 Å². The van der Waals surface area contributed by atoms with Crippen LogP contribution in [-0.2, 0) is 14.3 Å². The highest BCUT2D eigenvalue weighted by Crippen LogP contribution is 2.16. The minimum absolute atomic E-state index is 0.0339. The zero-order chi connectivity index (χ0) is 41.7. The summed E-state index contributed by atoms with van der Waals surface area (Å²) >= 11 is 0. The third kappa shape index (κ3) is 39.6. The summed E-state index contributed by atoms with van der Waals surface area (Å²) in [6, 6.07) is -0.723. The molecule has 0 aromatic rings. The lowest BCUT2D eigenvalue weighted by Gasteiger charge is -2.24. The van der Waals surface area contributed by atoms with Crippen LogP contribution < -0.4 is 5.32 Å². The molecule has 0 aliphatic heterocycles. The SMILES string of the molecule is CC/C=C/C/C=C/C/C=C/C/C=C/CCCCCC(=O)OC(CCCC/C=C/C/C=C/C/C=C/CC)CC(=O)NC(CO)C(O)CCCCCCCCCCCC. The van der Waals surface area contributed by atoms with Gasteiger partial charge in [0.1, 0.15) is 6.10 Å². The summed E-state index contributed by atoms with van der Waals surface area (Å²) in [6.07, 6.45) is 56.4. The Kier molecular flexibility index (Phi) is 41.9. The molecular weight excluding hydrogens is 707 g/mol. The van der Waals surface area contributed by atoms with E-state index >= 15 is 0 Å². The quantitative estimate of drug-likeness (QED) is 0.0326. The maximum Gasteiger partial charge on any atom is 0.306 e. The number of hydrogen-bond donors (Lipinski definition) is 3. The summed E-state index contributed by atoms with van der Waals surface area (Å²) in [5.41, 5.74) is 0. The summed E-state index contributed by atoms with van der Waals surface area (Å²) in [5, 5.41) is 23.6. The molecule has 0 aliphatic rings. The molecule has 0 spiro atoms. The normalized spacial score (nSPS) is 14.1. The number of esters is 1. The van der Waals surface area contributed by atoms with Crippen molar-refractivity contribution in [1.29, 1.82) is 0 Å². The first-order chi connectivity index (χ1) is 28.0. The lowest BCUT2D eigenvalue weighted by Crippen LogP contribution is -2.46. The summed E-state index contributed by atoms with van der Waals surface area (Å²) in [6.45, 7) is 6.20. The molecule has 1 amide bonds. The number of carbonyl (C=O) groups is 2. The van der Waals surface area contributed by atoms with E-state index < -0.39 is 18.2 Å². The fourth-order valence-electron chi connectivity index (χ4n) is 6.49. The Labute approximate surface area is 351 Å². The number of allylic oxidation sites excluding steroid dienone is 14.